The summed E-state index contributed by atoms with van der Waals surface area (Å²) in [6.45, 7) is 2.45. The van der Waals surface area contributed by atoms with E-state index in [-0.39, 0.29) is 18.3 Å². The van der Waals surface area contributed by atoms with Crippen LogP contribution in [0, 0.1) is 5.92 Å². The van der Waals surface area contributed by atoms with Crippen molar-refractivity contribution in [3.05, 3.63) is 0 Å². The van der Waals surface area contributed by atoms with Crippen molar-refractivity contribution in [2.75, 3.05) is 20.3 Å². The van der Waals surface area contributed by atoms with Gasteiger partial charge in [0.15, 0.2) is 0 Å². The topological polar surface area (TPSA) is 46.5 Å². The monoisotopic (exact) mass is 188 g/mol. The van der Waals surface area contributed by atoms with Gasteiger partial charge in [-0.3, -0.25) is 4.79 Å². The van der Waals surface area contributed by atoms with Gasteiger partial charge in [0, 0.05) is 26.2 Å². The highest BCUT2D eigenvalue weighted by molar-refractivity contribution is 5.78. The van der Waals surface area contributed by atoms with Gasteiger partial charge in [-0.1, -0.05) is 6.42 Å². The predicted octanol–water partition coefficient (Wildman–Crippen LogP) is 1.39. The first-order chi connectivity index (χ1) is 6.22. The van der Waals surface area contributed by atoms with Crippen molar-refractivity contribution in [1.82, 2.24) is 0 Å². The molecule has 78 valence electrons. The molecule has 1 unspecified atom stereocenters. The smallest absolute Gasteiger partial charge is 0.132 e. The maximum Gasteiger partial charge on any atom is 0.132 e. The van der Waals surface area contributed by atoms with Crippen molar-refractivity contribution < 1.29 is 14.6 Å². The fraction of sp³-hybridized carbons (Fsp3) is 0.900. The molecule has 3 nitrogen and oxygen atoms in total. The first-order valence-electron chi connectivity index (χ1n) is 4.82. The van der Waals surface area contributed by atoms with Crippen molar-refractivity contribution in [3.63, 3.8) is 0 Å². The van der Waals surface area contributed by atoms with Crippen LogP contribution in [0.15, 0.2) is 0 Å². The summed E-state index contributed by atoms with van der Waals surface area (Å²) in [6, 6.07) is 0. The summed E-state index contributed by atoms with van der Waals surface area (Å²) in [5.74, 6) is 0.230. The number of carbonyl (C=O) groups is 1. The maximum absolute atomic E-state index is 11.1. The molecular weight excluding hydrogens is 168 g/mol. The van der Waals surface area contributed by atoms with Crippen molar-refractivity contribution in [2.45, 2.75) is 32.6 Å². The van der Waals surface area contributed by atoms with Crippen LogP contribution in [-0.2, 0) is 9.53 Å². The van der Waals surface area contributed by atoms with Crippen molar-refractivity contribution in [1.29, 1.82) is 0 Å². The molecule has 13 heavy (non-hydrogen) atoms. The molecule has 0 amide bonds. The van der Waals surface area contributed by atoms with Crippen LogP contribution in [0.4, 0.5) is 0 Å². The summed E-state index contributed by atoms with van der Waals surface area (Å²) in [7, 11) is 1.68. The molecule has 1 N–H and O–H groups in total. The Hall–Kier alpha value is -0.410. The summed E-state index contributed by atoms with van der Waals surface area (Å²) >= 11 is 0. The number of ketones is 1. The number of unbranched alkanes of at least 4 members (excludes halogenated alkanes) is 1. The van der Waals surface area contributed by atoms with Crippen molar-refractivity contribution in [2.24, 2.45) is 5.92 Å². The molecule has 0 aromatic rings. The number of carbonyl (C=O) groups excluding carboxylic acids is 1. The summed E-state index contributed by atoms with van der Waals surface area (Å²) in [6.07, 6.45) is 3.46. The molecular formula is C10H20O3. The molecule has 0 saturated heterocycles. The van der Waals surface area contributed by atoms with Crippen LogP contribution in [0.2, 0.25) is 0 Å². The molecule has 0 fully saturated rings. The highest BCUT2D eigenvalue weighted by Gasteiger charge is 2.12. The van der Waals surface area contributed by atoms with Crippen LogP contribution in [0.25, 0.3) is 0 Å². The predicted molar refractivity (Wildman–Crippen MR) is 51.6 cm³/mol. The zero-order valence-electron chi connectivity index (χ0n) is 8.58. The summed E-state index contributed by atoms with van der Waals surface area (Å²) < 4.78 is 4.91. The molecule has 0 spiro atoms. The maximum atomic E-state index is 11.1. The second-order valence-electron chi connectivity index (χ2n) is 3.31. The van der Waals surface area contributed by atoms with E-state index in [0.29, 0.717) is 6.42 Å². The Bertz CT molecular complexity index is 134. The van der Waals surface area contributed by atoms with E-state index in [9.17, 15) is 4.79 Å². The Morgan fingerprint density at radius 3 is 2.54 bits per heavy atom. The van der Waals surface area contributed by atoms with E-state index >= 15 is 0 Å². The first kappa shape index (κ1) is 12.6. The molecule has 1 atom stereocenters. The fourth-order valence-corrected chi connectivity index (χ4v) is 1.34. The van der Waals surface area contributed by atoms with Gasteiger partial charge in [-0.2, -0.15) is 0 Å². The molecule has 0 aromatic heterocycles. The first-order valence-corrected chi connectivity index (χ1v) is 4.82. The van der Waals surface area contributed by atoms with Crippen LogP contribution in [0.5, 0.6) is 0 Å². The average Bonchev–Trinajstić information content (AvgIpc) is 2.10. The van der Waals surface area contributed by atoms with Gasteiger partial charge < -0.3 is 9.84 Å². The Balaban J connectivity index is 3.51. The van der Waals surface area contributed by atoms with Gasteiger partial charge in [0.05, 0.1) is 0 Å². The molecule has 0 rings (SSSR count). The summed E-state index contributed by atoms with van der Waals surface area (Å²) in [4.78, 5) is 11.1. The number of ether oxygens (including phenoxy) is 1. The highest BCUT2D eigenvalue weighted by atomic mass is 16.5. The molecule has 0 aliphatic heterocycles. The van der Waals surface area contributed by atoms with Gasteiger partial charge >= 0.3 is 0 Å². The zero-order chi connectivity index (χ0) is 10.1. The Morgan fingerprint density at radius 2 is 2.08 bits per heavy atom. The number of methoxy groups -OCH3 is 1. The number of hydrogen-bond donors (Lipinski definition) is 1. The van der Waals surface area contributed by atoms with Gasteiger partial charge in [0.1, 0.15) is 5.78 Å². The zero-order valence-corrected chi connectivity index (χ0v) is 8.58. The molecule has 3 heteroatoms. The third-order valence-electron chi connectivity index (χ3n) is 2.20. The van der Waals surface area contributed by atoms with Gasteiger partial charge in [-0.05, 0) is 26.2 Å². The number of rotatable bonds is 8. The van der Waals surface area contributed by atoms with Crippen molar-refractivity contribution >= 4 is 5.78 Å². The largest absolute Gasteiger partial charge is 0.396 e. The lowest BCUT2D eigenvalue weighted by atomic mass is 9.95. The molecule has 0 bridgehead atoms. The van der Waals surface area contributed by atoms with E-state index in [1.54, 1.807) is 14.0 Å². The minimum atomic E-state index is 0.0434. The molecule has 0 heterocycles. The standard InChI is InChI=1S/C10H20O3/c1-9(12)10(6-7-11)5-3-4-8-13-2/h10-11H,3-8H2,1-2H3. The fourth-order valence-electron chi connectivity index (χ4n) is 1.34. The summed E-state index contributed by atoms with van der Waals surface area (Å²) in [5.41, 5.74) is 0. The number of Topliss-reactive ketones (excluding diaryl/α,β-unsaturated/α-hetero) is 1. The second kappa shape index (κ2) is 8.20. The second-order valence-corrected chi connectivity index (χ2v) is 3.31. The quantitative estimate of drug-likeness (QED) is 0.585. The number of aliphatic hydroxyl groups is 1. The van der Waals surface area contributed by atoms with E-state index in [0.717, 1.165) is 25.9 Å². The minimum Gasteiger partial charge on any atom is -0.396 e. The lowest BCUT2D eigenvalue weighted by Crippen LogP contribution is -2.12. The van der Waals surface area contributed by atoms with Crippen LogP contribution in [0.3, 0.4) is 0 Å². The van der Waals surface area contributed by atoms with E-state index in [2.05, 4.69) is 0 Å². The third-order valence-corrected chi connectivity index (χ3v) is 2.20. The summed E-state index contributed by atoms with van der Waals surface area (Å²) in [5, 5.41) is 8.71. The molecule has 0 saturated carbocycles. The van der Waals surface area contributed by atoms with E-state index in [1.807, 2.05) is 0 Å². The van der Waals surface area contributed by atoms with Gasteiger partial charge in [0.25, 0.3) is 0 Å². The van der Waals surface area contributed by atoms with Gasteiger partial charge in [-0.15, -0.1) is 0 Å². The lowest BCUT2D eigenvalue weighted by Gasteiger charge is -2.11. The van der Waals surface area contributed by atoms with Crippen molar-refractivity contribution in [3.8, 4) is 0 Å². The normalized spacial score (nSPS) is 12.8. The van der Waals surface area contributed by atoms with Crippen LogP contribution in [0.1, 0.15) is 32.6 Å². The Labute approximate surface area is 80.1 Å². The number of aliphatic hydroxyl groups excluding tert-OH is 1. The Morgan fingerprint density at radius 1 is 1.38 bits per heavy atom. The molecule has 0 radical (unpaired) electrons. The van der Waals surface area contributed by atoms with Crippen LogP contribution >= 0.6 is 0 Å². The third kappa shape index (κ3) is 6.72. The average molecular weight is 188 g/mol. The van der Waals surface area contributed by atoms with Crippen LogP contribution in [-0.4, -0.2) is 31.2 Å². The van der Waals surface area contributed by atoms with E-state index < -0.39 is 0 Å². The van der Waals surface area contributed by atoms with E-state index in [1.165, 1.54) is 0 Å². The molecule has 0 aliphatic carbocycles. The Kier molecular flexibility index (Phi) is 7.94. The van der Waals surface area contributed by atoms with Gasteiger partial charge in [-0.25, -0.2) is 0 Å². The molecule has 0 aliphatic rings. The minimum absolute atomic E-state index is 0.0434. The van der Waals surface area contributed by atoms with Crippen LogP contribution < -0.4 is 0 Å². The highest BCUT2D eigenvalue weighted by Crippen LogP contribution is 2.13. The molecule has 0 aromatic carbocycles. The van der Waals surface area contributed by atoms with Gasteiger partial charge in [0.2, 0.25) is 0 Å². The van der Waals surface area contributed by atoms with E-state index in [4.69, 9.17) is 9.84 Å². The SMILES string of the molecule is COCCCCC(CCO)C(C)=O. The number of hydrogen-bond acceptors (Lipinski definition) is 3. The lowest BCUT2D eigenvalue weighted by molar-refractivity contribution is -0.121.